The van der Waals surface area contributed by atoms with Crippen LogP contribution in [0.15, 0.2) is 23.1 Å². The number of nitrogen functional groups attached to an aromatic ring is 1. The largest absolute Gasteiger partial charge is 0.495 e. The van der Waals surface area contributed by atoms with E-state index in [1.165, 1.54) is 23.5 Å². The van der Waals surface area contributed by atoms with Crippen LogP contribution in [0.3, 0.4) is 0 Å². The first-order valence-corrected chi connectivity index (χ1v) is 7.66. The fourth-order valence-electron chi connectivity index (χ4n) is 1.70. The summed E-state index contributed by atoms with van der Waals surface area (Å²) in [6.45, 7) is 4.55. The molecule has 0 aliphatic heterocycles. The second-order valence-electron chi connectivity index (χ2n) is 4.70. The Morgan fingerprint density at radius 3 is 2.58 bits per heavy atom. The van der Waals surface area contributed by atoms with Crippen molar-refractivity contribution >= 4 is 15.7 Å². The van der Waals surface area contributed by atoms with Gasteiger partial charge in [-0.3, -0.25) is 0 Å². The van der Waals surface area contributed by atoms with Crippen LogP contribution in [0, 0.1) is 5.92 Å². The Morgan fingerprint density at radius 1 is 1.42 bits per heavy atom. The van der Waals surface area contributed by atoms with Crippen LogP contribution in [0.1, 0.15) is 20.3 Å². The van der Waals surface area contributed by atoms with Gasteiger partial charge >= 0.3 is 0 Å². The van der Waals surface area contributed by atoms with Crippen LogP contribution in [0.2, 0.25) is 0 Å². The number of methoxy groups -OCH3 is 1. The van der Waals surface area contributed by atoms with Crippen LogP contribution in [-0.4, -0.2) is 33.4 Å². The standard InChI is InChI=1S/C13H22N2O3S/c1-5-10(2)9-15(3)19(16,17)11-6-7-12(14)13(8-11)18-4/h6-8,10H,5,9,14H2,1-4H3. The van der Waals surface area contributed by atoms with Crippen molar-refractivity contribution in [2.45, 2.75) is 25.2 Å². The van der Waals surface area contributed by atoms with Gasteiger partial charge in [-0.05, 0) is 18.1 Å². The van der Waals surface area contributed by atoms with Crippen LogP contribution in [-0.2, 0) is 10.0 Å². The highest BCUT2D eigenvalue weighted by molar-refractivity contribution is 7.89. The van der Waals surface area contributed by atoms with Gasteiger partial charge < -0.3 is 10.5 Å². The maximum atomic E-state index is 12.4. The molecule has 1 unspecified atom stereocenters. The molecular weight excluding hydrogens is 264 g/mol. The van der Waals surface area contributed by atoms with E-state index < -0.39 is 10.0 Å². The Hall–Kier alpha value is -1.27. The minimum absolute atomic E-state index is 0.198. The maximum Gasteiger partial charge on any atom is 0.242 e. The van der Waals surface area contributed by atoms with E-state index in [0.717, 1.165) is 6.42 Å². The van der Waals surface area contributed by atoms with Crippen molar-refractivity contribution in [3.63, 3.8) is 0 Å². The van der Waals surface area contributed by atoms with Gasteiger partial charge in [0.2, 0.25) is 10.0 Å². The zero-order valence-corrected chi connectivity index (χ0v) is 12.7. The lowest BCUT2D eigenvalue weighted by molar-refractivity contribution is 0.392. The van der Waals surface area contributed by atoms with Crippen LogP contribution < -0.4 is 10.5 Å². The van der Waals surface area contributed by atoms with E-state index in [9.17, 15) is 8.42 Å². The average Bonchev–Trinajstić information content (AvgIpc) is 2.38. The topological polar surface area (TPSA) is 72.6 Å². The molecule has 1 rings (SSSR count). The number of nitrogens with two attached hydrogens (primary N) is 1. The molecule has 5 nitrogen and oxygen atoms in total. The van der Waals surface area contributed by atoms with Gasteiger partial charge in [-0.1, -0.05) is 20.3 Å². The van der Waals surface area contributed by atoms with Crippen molar-refractivity contribution in [3.8, 4) is 5.75 Å². The summed E-state index contributed by atoms with van der Waals surface area (Å²) in [5, 5.41) is 0. The molecule has 0 aliphatic rings. The molecular formula is C13H22N2O3S. The molecule has 0 saturated carbocycles. The predicted octanol–water partition coefficient (Wildman–Crippen LogP) is 1.94. The highest BCUT2D eigenvalue weighted by atomic mass is 32.2. The quantitative estimate of drug-likeness (QED) is 0.811. The molecule has 0 saturated heterocycles. The van der Waals surface area contributed by atoms with E-state index >= 15 is 0 Å². The predicted molar refractivity (Wildman–Crippen MR) is 76.7 cm³/mol. The van der Waals surface area contributed by atoms with E-state index in [0.29, 0.717) is 23.9 Å². The van der Waals surface area contributed by atoms with Crippen molar-refractivity contribution in [1.82, 2.24) is 4.31 Å². The van der Waals surface area contributed by atoms with Crippen molar-refractivity contribution < 1.29 is 13.2 Å². The number of hydrogen-bond donors (Lipinski definition) is 1. The summed E-state index contributed by atoms with van der Waals surface area (Å²) in [5.41, 5.74) is 6.11. The van der Waals surface area contributed by atoms with Crippen molar-refractivity contribution in [2.24, 2.45) is 5.92 Å². The number of nitrogens with zero attached hydrogens (tertiary/aromatic N) is 1. The third-order valence-corrected chi connectivity index (χ3v) is 5.00. The molecule has 0 bridgehead atoms. The summed E-state index contributed by atoms with van der Waals surface area (Å²) in [6.07, 6.45) is 0.935. The second-order valence-corrected chi connectivity index (χ2v) is 6.75. The molecule has 1 aromatic carbocycles. The lowest BCUT2D eigenvalue weighted by Crippen LogP contribution is -2.31. The van der Waals surface area contributed by atoms with Gasteiger partial charge in [0.15, 0.2) is 0 Å². The van der Waals surface area contributed by atoms with E-state index in [2.05, 4.69) is 0 Å². The van der Waals surface area contributed by atoms with Gasteiger partial charge in [-0.25, -0.2) is 12.7 Å². The molecule has 108 valence electrons. The van der Waals surface area contributed by atoms with Crippen molar-refractivity contribution in [3.05, 3.63) is 18.2 Å². The Bertz CT molecular complexity index is 529. The molecule has 1 atom stereocenters. The summed E-state index contributed by atoms with van der Waals surface area (Å²) >= 11 is 0. The van der Waals surface area contributed by atoms with Gasteiger partial charge in [0, 0.05) is 19.7 Å². The third-order valence-electron chi connectivity index (χ3n) is 3.18. The van der Waals surface area contributed by atoms with Crippen molar-refractivity contribution in [1.29, 1.82) is 0 Å². The Morgan fingerprint density at radius 2 is 2.05 bits per heavy atom. The van der Waals surface area contributed by atoms with Gasteiger partial charge in [-0.15, -0.1) is 0 Å². The highest BCUT2D eigenvalue weighted by Crippen LogP contribution is 2.26. The highest BCUT2D eigenvalue weighted by Gasteiger charge is 2.22. The summed E-state index contributed by atoms with van der Waals surface area (Å²) in [5.74, 6) is 0.688. The minimum Gasteiger partial charge on any atom is -0.495 e. The minimum atomic E-state index is -3.50. The molecule has 6 heteroatoms. The van der Waals surface area contributed by atoms with Gasteiger partial charge in [0.25, 0.3) is 0 Å². The SMILES string of the molecule is CCC(C)CN(C)S(=O)(=O)c1ccc(N)c(OC)c1. The third kappa shape index (κ3) is 3.61. The molecule has 0 aromatic heterocycles. The van der Waals surface area contributed by atoms with E-state index in [-0.39, 0.29) is 4.90 Å². The molecule has 0 amide bonds. The van der Waals surface area contributed by atoms with E-state index in [4.69, 9.17) is 10.5 Å². The Labute approximate surface area is 115 Å². The normalized spacial score (nSPS) is 13.5. The lowest BCUT2D eigenvalue weighted by atomic mass is 10.1. The summed E-state index contributed by atoms with van der Waals surface area (Å²) in [7, 11) is -0.445. The maximum absolute atomic E-state index is 12.4. The molecule has 0 radical (unpaired) electrons. The molecule has 1 aromatic rings. The lowest BCUT2D eigenvalue weighted by Gasteiger charge is -2.21. The number of rotatable bonds is 6. The van der Waals surface area contributed by atoms with E-state index in [1.54, 1.807) is 13.1 Å². The molecule has 0 aliphatic carbocycles. The molecule has 0 fully saturated rings. The summed E-state index contributed by atoms with van der Waals surface area (Å²) < 4.78 is 31.2. The summed E-state index contributed by atoms with van der Waals surface area (Å²) in [6, 6.07) is 4.50. The van der Waals surface area contributed by atoms with Crippen molar-refractivity contribution in [2.75, 3.05) is 26.4 Å². The zero-order chi connectivity index (χ0) is 14.6. The molecule has 19 heavy (non-hydrogen) atoms. The van der Waals surface area contributed by atoms with Crippen LogP contribution >= 0.6 is 0 Å². The zero-order valence-electron chi connectivity index (χ0n) is 11.9. The van der Waals surface area contributed by atoms with Crippen LogP contribution in [0.5, 0.6) is 5.75 Å². The van der Waals surface area contributed by atoms with Gasteiger partial charge in [-0.2, -0.15) is 0 Å². The fourth-order valence-corrected chi connectivity index (χ4v) is 3.00. The van der Waals surface area contributed by atoms with Crippen LogP contribution in [0.25, 0.3) is 0 Å². The first-order chi connectivity index (χ1) is 8.82. The number of benzene rings is 1. The smallest absolute Gasteiger partial charge is 0.242 e. The Balaban J connectivity index is 3.06. The van der Waals surface area contributed by atoms with Gasteiger partial charge in [0.1, 0.15) is 5.75 Å². The fraction of sp³-hybridized carbons (Fsp3) is 0.538. The number of anilines is 1. The molecule has 0 spiro atoms. The monoisotopic (exact) mass is 286 g/mol. The molecule has 2 N–H and O–H groups in total. The average molecular weight is 286 g/mol. The first kappa shape index (κ1) is 15.8. The molecule has 0 heterocycles. The van der Waals surface area contributed by atoms with Gasteiger partial charge in [0.05, 0.1) is 17.7 Å². The second kappa shape index (κ2) is 6.25. The Kier molecular flexibility index (Phi) is 5.20. The van der Waals surface area contributed by atoms with Crippen LogP contribution in [0.4, 0.5) is 5.69 Å². The number of hydrogen-bond acceptors (Lipinski definition) is 4. The van der Waals surface area contributed by atoms with E-state index in [1.807, 2.05) is 13.8 Å². The first-order valence-electron chi connectivity index (χ1n) is 6.22. The number of ether oxygens (including phenoxy) is 1. The summed E-state index contributed by atoms with van der Waals surface area (Å²) in [4.78, 5) is 0.198. The number of sulfonamides is 1.